The molecule has 0 amide bonds. The van der Waals surface area contributed by atoms with Gasteiger partial charge in [0.15, 0.2) is 11.5 Å². The predicted octanol–water partition coefficient (Wildman–Crippen LogP) is 3.30. The van der Waals surface area contributed by atoms with Crippen molar-refractivity contribution in [1.82, 2.24) is 0 Å². The lowest BCUT2D eigenvalue weighted by Crippen LogP contribution is -2.52. The fourth-order valence-electron chi connectivity index (χ4n) is 4.60. The van der Waals surface area contributed by atoms with E-state index in [4.69, 9.17) is 19.2 Å². The number of esters is 2. The molecule has 2 aliphatic rings. The molecule has 0 spiro atoms. The Hall–Kier alpha value is -2.47. The molecule has 0 radical (unpaired) electrons. The third-order valence-corrected chi connectivity index (χ3v) is 5.75. The van der Waals surface area contributed by atoms with Gasteiger partial charge in [0.2, 0.25) is 5.72 Å². The van der Waals surface area contributed by atoms with Gasteiger partial charge < -0.3 is 14.2 Å². The van der Waals surface area contributed by atoms with E-state index in [9.17, 15) is 9.59 Å². The van der Waals surface area contributed by atoms with Crippen LogP contribution in [-0.4, -0.2) is 42.7 Å². The monoisotopic (exact) mass is 385 g/mol. The molecule has 150 valence electrons. The highest BCUT2D eigenvalue weighted by Crippen LogP contribution is 2.65. The Kier molecular flexibility index (Phi) is 5.19. The summed E-state index contributed by atoms with van der Waals surface area (Å²) >= 11 is 0. The number of nitrogens with zero attached hydrogens (tertiary/aromatic N) is 1. The Morgan fingerprint density at radius 2 is 1.93 bits per heavy atom. The van der Waals surface area contributed by atoms with Crippen molar-refractivity contribution in [3.05, 3.63) is 48.6 Å². The summed E-state index contributed by atoms with van der Waals surface area (Å²) in [5.41, 5.74) is -1.91. The summed E-state index contributed by atoms with van der Waals surface area (Å²) in [6.07, 6.45) is 1.13. The van der Waals surface area contributed by atoms with Crippen LogP contribution in [0.4, 0.5) is 0 Å². The molecule has 0 aromatic heterocycles. The van der Waals surface area contributed by atoms with Gasteiger partial charge in [0, 0.05) is 18.9 Å². The normalized spacial score (nSPS) is 33.3. The predicted molar refractivity (Wildman–Crippen MR) is 105 cm³/mol. The van der Waals surface area contributed by atoms with Gasteiger partial charge in [0.25, 0.3) is 0 Å². The molecule has 1 aromatic carbocycles. The highest BCUT2D eigenvalue weighted by Gasteiger charge is 2.79. The number of rotatable bonds is 7. The average Bonchev–Trinajstić information content (AvgIpc) is 3.05. The topological polar surface area (TPSA) is 74.2 Å². The standard InChI is InChI=1S/C22H27NO5/c1-6-20(5)14-21(19(25)26-7-2)17(16-12-10-9-11-13-16)23-22(20,27-8-3)18(21)28-15(4)24/h6,9-13,18H,1,7-8,14H2,2-5H3/t18?,20-,21+,22-/m0/s1. The number of carbonyl (C=O) groups excluding carboxylic acids is 2. The minimum Gasteiger partial charge on any atom is -0.465 e. The van der Waals surface area contributed by atoms with Gasteiger partial charge >= 0.3 is 11.9 Å². The van der Waals surface area contributed by atoms with E-state index in [0.29, 0.717) is 18.7 Å². The Morgan fingerprint density at radius 1 is 1.25 bits per heavy atom. The molecule has 4 atom stereocenters. The van der Waals surface area contributed by atoms with Crippen LogP contribution < -0.4 is 0 Å². The van der Waals surface area contributed by atoms with Crippen LogP contribution in [0.2, 0.25) is 0 Å². The lowest BCUT2D eigenvalue weighted by atomic mass is 9.72. The van der Waals surface area contributed by atoms with Gasteiger partial charge in [0.05, 0.1) is 12.3 Å². The van der Waals surface area contributed by atoms with E-state index in [1.807, 2.05) is 44.2 Å². The number of hydrogen-bond donors (Lipinski definition) is 0. The van der Waals surface area contributed by atoms with Crippen molar-refractivity contribution >= 4 is 17.7 Å². The first-order valence-corrected chi connectivity index (χ1v) is 9.59. The van der Waals surface area contributed by atoms with Crippen LogP contribution in [0.15, 0.2) is 48.0 Å². The summed E-state index contributed by atoms with van der Waals surface area (Å²) in [6, 6.07) is 9.42. The van der Waals surface area contributed by atoms with Crippen LogP contribution in [0.3, 0.4) is 0 Å². The van der Waals surface area contributed by atoms with Crippen molar-refractivity contribution in [2.45, 2.75) is 45.9 Å². The van der Waals surface area contributed by atoms with Crippen LogP contribution in [0.25, 0.3) is 0 Å². The van der Waals surface area contributed by atoms with Gasteiger partial charge in [-0.1, -0.05) is 43.3 Å². The van der Waals surface area contributed by atoms with E-state index in [1.54, 1.807) is 13.0 Å². The first-order valence-electron chi connectivity index (χ1n) is 9.59. The number of benzene rings is 1. The molecular weight excluding hydrogens is 358 g/mol. The highest BCUT2D eigenvalue weighted by molar-refractivity contribution is 6.18. The molecule has 2 bridgehead atoms. The van der Waals surface area contributed by atoms with Gasteiger partial charge in [-0.3, -0.25) is 9.59 Å². The molecule has 0 saturated heterocycles. The Morgan fingerprint density at radius 3 is 2.46 bits per heavy atom. The molecule has 1 aromatic rings. The van der Waals surface area contributed by atoms with Crippen LogP contribution in [0, 0.1) is 10.8 Å². The molecule has 1 unspecified atom stereocenters. The van der Waals surface area contributed by atoms with Crippen LogP contribution in [-0.2, 0) is 23.8 Å². The minimum absolute atomic E-state index is 0.210. The summed E-state index contributed by atoms with van der Waals surface area (Å²) < 4.78 is 17.4. The second-order valence-corrected chi connectivity index (χ2v) is 7.44. The van der Waals surface area contributed by atoms with E-state index < -0.39 is 34.6 Å². The Balaban J connectivity index is 2.31. The summed E-state index contributed by atoms with van der Waals surface area (Å²) in [5, 5.41) is 0. The quantitative estimate of drug-likeness (QED) is 0.532. The molecule has 1 fully saturated rings. The number of aliphatic imine (C=N–C) groups is 1. The maximum Gasteiger partial charge on any atom is 0.322 e. The molecule has 1 saturated carbocycles. The third-order valence-electron chi connectivity index (χ3n) is 5.75. The summed E-state index contributed by atoms with van der Waals surface area (Å²) in [7, 11) is 0. The van der Waals surface area contributed by atoms with Gasteiger partial charge in [-0.2, -0.15) is 0 Å². The van der Waals surface area contributed by atoms with E-state index in [2.05, 4.69) is 6.58 Å². The average molecular weight is 385 g/mol. The highest BCUT2D eigenvalue weighted by atomic mass is 16.6. The molecule has 1 aliphatic heterocycles. The first-order chi connectivity index (χ1) is 13.3. The largest absolute Gasteiger partial charge is 0.465 e. The SMILES string of the molecule is C=C[C@@]1(C)C[C@@]2(C(=O)OCC)C(c3ccccc3)=N[C@]1(OCC)C2OC(C)=O. The van der Waals surface area contributed by atoms with Crippen LogP contribution >= 0.6 is 0 Å². The van der Waals surface area contributed by atoms with E-state index >= 15 is 0 Å². The van der Waals surface area contributed by atoms with E-state index in [0.717, 1.165) is 5.56 Å². The van der Waals surface area contributed by atoms with Crippen molar-refractivity contribution in [3.8, 4) is 0 Å². The van der Waals surface area contributed by atoms with Crippen LogP contribution in [0.1, 0.15) is 39.7 Å². The van der Waals surface area contributed by atoms with E-state index in [1.165, 1.54) is 6.92 Å². The second-order valence-electron chi connectivity index (χ2n) is 7.44. The van der Waals surface area contributed by atoms with Crippen molar-refractivity contribution in [2.24, 2.45) is 15.8 Å². The maximum atomic E-state index is 13.4. The van der Waals surface area contributed by atoms with Gasteiger partial charge in [-0.15, -0.1) is 6.58 Å². The first kappa shape index (κ1) is 20.3. The van der Waals surface area contributed by atoms with Gasteiger partial charge in [0.1, 0.15) is 0 Å². The third kappa shape index (κ3) is 2.62. The molecule has 0 N–H and O–H groups in total. The summed E-state index contributed by atoms with van der Waals surface area (Å²) in [6.45, 7) is 11.4. The van der Waals surface area contributed by atoms with Gasteiger partial charge in [-0.05, 0) is 25.8 Å². The van der Waals surface area contributed by atoms with E-state index in [-0.39, 0.29) is 6.61 Å². The van der Waals surface area contributed by atoms with Crippen molar-refractivity contribution in [1.29, 1.82) is 0 Å². The number of carbonyl (C=O) groups is 2. The van der Waals surface area contributed by atoms with Crippen LogP contribution in [0.5, 0.6) is 0 Å². The molecule has 3 rings (SSSR count). The molecular formula is C22H27NO5. The van der Waals surface area contributed by atoms with Gasteiger partial charge in [-0.25, -0.2) is 4.99 Å². The lowest BCUT2D eigenvalue weighted by Gasteiger charge is -2.40. The zero-order valence-electron chi connectivity index (χ0n) is 16.9. The number of fused-ring (bicyclic) bond motifs is 2. The Labute approximate surface area is 165 Å². The smallest absolute Gasteiger partial charge is 0.322 e. The fourth-order valence-corrected chi connectivity index (χ4v) is 4.60. The fraction of sp³-hybridized carbons (Fsp3) is 0.500. The Bertz CT molecular complexity index is 819. The second kappa shape index (κ2) is 7.17. The molecule has 28 heavy (non-hydrogen) atoms. The number of hydrogen-bond acceptors (Lipinski definition) is 6. The van der Waals surface area contributed by atoms with Crippen molar-refractivity contribution in [3.63, 3.8) is 0 Å². The summed E-state index contributed by atoms with van der Waals surface area (Å²) in [4.78, 5) is 30.3. The molecule has 1 aliphatic carbocycles. The molecule has 6 heteroatoms. The van der Waals surface area contributed by atoms with Crippen molar-refractivity contribution < 1.29 is 23.8 Å². The minimum atomic E-state index is -1.26. The number of ether oxygens (including phenoxy) is 3. The maximum absolute atomic E-state index is 13.4. The lowest BCUT2D eigenvalue weighted by molar-refractivity contribution is -0.184. The zero-order valence-corrected chi connectivity index (χ0v) is 16.9. The van der Waals surface area contributed by atoms with Crippen molar-refractivity contribution in [2.75, 3.05) is 13.2 Å². The summed E-state index contributed by atoms with van der Waals surface area (Å²) in [5.74, 6) is -0.961. The zero-order chi connectivity index (χ0) is 20.6. The molecule has 6 nitrogen and oxygen atoms in total. The molecule has 1 heterocycles.